The zero-order valence-electron chi connectivity index (χ0n) is 12.2. The van der Waals surface area contributed by atoms with Crippen LogP contribution >= 0.6 is 0 Å². The molecule has 4 nitrogen and oxygen atoms in total. The lowest BCUT2D eigenvalue weighted by Crippen LogP contribution is -2.34. The lowest BCUT2D eigenvalue weighted by molar-refractivity contribution is -0.109. The third-order valence-electron chi connectivity index (χ3n) is 4.29. The van der Waals surface area contributed by atoms with Crippen molar-refractivity contribution in [2.75, 3.05) is 13.6 Å². The molecule has 1 amide bonds. The highest BCUT2D eigenvalue weighted by Gasteiger charge is 2.30. The summed E-state index contributed by atoms with van der Waals surface area (Å²) in [6, 6.07) is 0.564. The Kier molecular flexibility index (Phi) is 5.39. The van der Waals surface area contributed by atoms with Crippen LogP contribution in [0.2, 0.25) is 0 Å². The second-order valence-electron chi connectivity index (χ2n) is 5.85. The Balaban J connectivity index is 0.000000178. The van der Waals surface area contributed by atoms with Crippen molar-refractivity contribution in [3.63, 3.8) is 0 Å². The Hall–Kier alpha value is -1.58. The van der Waals surface area contributed by atoms with Gasteiger partial charge in [0.2, 0.25) is 6.41 Å². The summed E-state index contributed by atoms with van der Waals surface area (Å²) in [5.41, 5.74) is 0. The normalized spacial score (nSPS) is 28.1. The average Bonchev–Trinajstić information content (AvgIpc) is 3.25. The van der Waals surface area contributed by atoms with Gasteiger partial charge in [-0.15, -0.1) is 0 Å². The van der Waals surface area contributed by atoms with Crippen molar-refractivity contribution in [1.82, 2.24) is 10.2 Å². The van der Waals surface area contributed by atoms with Crippen LogP contribution in [0.3, 0.4) is 0 Å². The van der Waals surface area contributed by atoms with Crippen molar-refractivity contribution in [3.05, 3.63) is 24.3 Å². The fourth-order valence-corrected chi connectivity index (χ4v) is 2.78. The van der Waals surface area contributed by atoms with E-state index >= 15 is 0 Å². The zero-order valence-corrected chi connectivity index (χ0v) is 12.2. The largest absolute Gasteiger partial charge is 0.360 e. The van der Waals surface area contributed by atoms with Crippen LogP contribution < -0.4 is 5.32 Å². The second-order valence-corrected chi connectivity index (χ2v) is 5.85. The number of carbonyl (C=O) groups is 1. The molecule has 2 atom stereocenters. The molecule has 0 aromatic rings. The fourth-order valence-electron chi connectivity index (χ4n) is 2.78. The third-order valence-corrected chi connectivity index (χ3v) is 4.29. The number of likely N-dealkylation sites (tertiary alicyclic amines) is 1. The maximum absolute atomic E-state index is 9.63. The van der Waals surface area contributed by atoms with Gasteiger partial charge in [-0.05, 0) is 31.6 Å². The SMILES string of the molecule is CN1C(=N)CCC1C1C=CC=CC1.O=CNCC1CC1. The van der Waals surface area contributed by atoms with E-state index in [0.717, 1.165) is 44.0 Å². The Morgan fingerprint density at radius 3 is 2.70 bits per heavy atom. The van der Waals surface area contributed by atoms with Gasteiger partial charge in [0, 0.05) is 32.0 Å². The minimum absolute atomic E-state index is 0.564. The first-order chi connectivity index (χ1) is 9.72. The molecule has 20 heavy (non-hydrogen) atoms. The van der Waals surface area contributed by atoms with Crippen molar-refractivity contribution < 1.29 is 4.79 Å². The molecule has 0 aromatic heterocycles. The molecule has 4 heteroatoms. The van der Waals surface area contributed by atoms with Crippen molar-refractivity contribution in [3.8, 4) is 0 Å². The van der Waals surface area contributed by atoms with Gasteiger partial charge in [-0.25, -0.2) is 0 Å². The van der Waals surface area contributed by atoms with E-state index < -0.39 is 0 Å². The smallest absolute Gasteiger partial charge is 0.207 e. The maximum Gasteiger partial charge on any atom is 0.207 e. The molecule has 2 fully saturated rings. The molecule has 0 radical (unpaired) electrons. The first-order valence-electron chi connectivity index (χ1n) is 7.53. The van der Waals surface area contributed by atoms with E-state index in [-0.39, 0.29) is 0 Å². The van der Waals surface area contributed by atoms with Crippen LogP contribution in [0.5, 0.6) is 0 Å². The van der Waals surface area contributed by atoms with E-state index in [9.17, 15) is 4.79 Å². The summed E-state index contributed by atoms with van der Waals surface area (Å²) in [7, 11) is 2.05. The maximum atomic E-state index is 9.63. The van der Waals surface area contributed by atoms with Gasteiger partial charge in [0.1, 0.15) is 0 Å². The lowest BCUT2D eigenvalue weighted by atomic mass is 9.91. The lowest BCUT2D eigenvalue weighted by Gasteiger charge is -2.28. The highest BCUT2D eigenvalue weighted by molar-refractivity contribution is 5.81. The number of rotatable bonds is 4. The van der Waals surface area contributed by atoms with Crippen LogP contribution in [0.1, 0.15) is 32.1 Å². The first kappa shape index (κ1) is 14.8. The molecule has 3 aliphatic rings. The number of hydrogen-bond donors (Lipinski definition) is 2. The van der Waals surface area contributed by atoms with Crippen LogP contribution in [-0.2, 0) is 4.79 Å². The summed E-state index contributed by atoms with van der Waals surface area (Å²) in [5.74, 6) is 2.23. The highest BCUT2D eigenvalue weighted by atomic mass is 16.1. The van der Waals surface area contributed by atoms with Crippen LogP contribution in [0.4, 0.5) is 0 Å². The first-order valence-corrected chi connectivity index (χ1v) is 7.53. The number of amides is 1. The van der Waals surface area contributed by atoms with Gasteiger partial charge in [0.15, 0.2) is 0 Å². The summed E-state index contributed by atoms with van der Waals surface area (Å²) in [4.78, 5) is 11.8. The van der Waals surface area contributed by atoms with E-state index in [0.29, 0.717) is 12.0 Å². The molecule has 0 aromatic carbocycles. The van der Waals surface area contributed by atoms with Gasteiger partial charge in [-0.3, -0.25) is 10.2 Å². The summed E-state index contributed by atoms with van der Waals surface area (Å²) in [5, 5.41) is 10.3. The Bertz CT molecular complexity index is 399. The molecular formula is C16H25N3O. The standard InChI is InChI=1S/C11H16N2.C5H9NO/c1-13-10(7-8-11(13)12)9-5-3-2-4-6-9;7-4-6-3-5-1-2-5/h2-5,9-10,12H,6-8H2,1H3;4-5H,1-3H2,(H,6,7). The topological polar surface area (TPSA) is 56.2 Å². The molecule has 2 N–H and O–H groups in total. The van der Waals surface area contributed by atoms with Gasteiger partial charge in [0.25, 0.3) is 0 Å². The quantitative estimate of drug-likeness (QED) is 0.774. The molecule has 3 rings (SSSR count). The van der Waals surface area contributed by atoms with Gasteiger partial charge < -0.3 is 10.2 Å². The van der Waals surface area contributed by atoms with Gasteiger partial charge in [-0.1, -0.05) is 24.3 Å². The molecule has 1 saturated heterocycles. The van der Waals surface area contributed by atoms with E-state index in [1.807, 2.05) is 7.05 Å². The predicted octanol–water partition coefficient (Wildman–Crippen LogP) is 2.33. The molecule has 110 valence electrons. The van der Waals surface area contributed by atoms with Gasteiger partial charge in [0.05, 0.1) is 5.84 Å². The zero-order chi connectivity index (χ0) is 14.4. The Morgan fingerprint density at radius 2 is 2.20 bits per heavy atom. The summed E-state index contributed by atoms with van der Waals surface area (Å²) >= 11 is 0. The van der Waals surface area contributed by atoms with Crippen LogP contribution in [0, 0.1) is 17.2 Å². The monoisotopic (exact) mass is 275 g/mol. The molecule has 0 bridgehead atoms. The Labute approximate surface area is 121 Å². The van der Waals surface area contributed by atoms with E-state index in [1.54, 1.807) is 0 Å². The van der Waals surface area contributed by atoms with Crippen LogP contribution in [0.25, 0.3) is 0 Å². The van der Waals surface area contributed by atoms with Gasteiger partial charge >= 0.3 is 0 Å². The Morgan fingerprint density at radius 1 is 1.40 bits per heavy atom. The predicted molar refractivity (Wildman–Crippen MR) is 81.7 cm³/mol. The number of allylic oxidation sites excluding steroid dienone is 3. The number of nitrogens with zero attached hydrogens (tertiary/aromatic N) is 1. The number of hydrogen-bond acceptors (Lipinski definition) is 2. The molecule has 1 heterocycles. The molecular weight excluding hydrogens is 250 g/mol. The number of nitrogens with one attached hydrogen (secondary N) is 2. The molecule has 1 saturated carbocycles. The van der Waals surface area contributed by atoms with E-state index in [4.69, 9.17) is 5.41 Å². The summed E-state index contributed by atoms with van der Waals surface area (Å²) < 4.78 is 0. The second kappa shape index (κ2) is 7.27. The molecule has 2 unspecified atom stereocenters. The van der Waals surface area contributed by atoms with Crippen molar-refractivity contribution in [2.45, 2.75) is 38.1 Å². The van der Waals surface area contributed by atoms with E-state index in [1.165, 1.54) is 12.8 Å². The van der Waals surface area contributed by atoms with Gasteiger partial charge in [-0.2, -0.15) is 0 Å². The minimum Gasteiger partial charge on any atom is -0.360 e. The summed E-state index contributed by atoms with van der Waals surface area (Å²) in [6.45, 7) is 0.892. The molecule has 1 aliphatic heterocycles. The van der Waals surface area contributed by atoms with Crippen LogP contribution in [0.15, 0.2) is 24.3 Å². The fraction of sp³-hybridized carbons (Fsp3) is 0.625. The molecule has 2 aliphatic carbocycles. The van der Waals surface area contributed by atoms with E-state index in [2.05, 4.69) is 34.5 Å². The highest BCUT2D eigenvalue weighted by Crippen LogP contribution is 2.28. The third kappa shape index (κ3) is 4.22. The van der Waals surface area contributed by atoms with Crippen molar-refractivity contribution in [2.24, 2.45) is 11.8 Å². The molecule has 0 spiro atoms. The summed E-state index contributed by atoms with van der Waals surface area (Å²) in [6.07, 6.45) is 15.4. The number of carbonyl (C=O) groups excluding carboxylic acids is 1. The average molecular weight is 275 g/mol. The number of amidine groups is 1. The minimum atomic E-state index is 0.564. The van der Waals surface area contributed by atoms with Crippen LogP contribution in [-0.4, -0.2) is 36.8 Å². The van der Waals surface area contributed by atoms with Crippen molar-refractivity contribution in [1.29, 1.82) is 5.41 Å². The van der Waals surface area contributed by atoms with Crippen molar-refractivity contribution >= 4 is 12.2 Å².